The SMILES string of the molecule is CNCCN1CC(c2ccc(OC)c(F)c2)NC1=O. The highest BCUT2D eigenvalue weighted by molar-refractivity contribution is 5.77. The third-order valence-electron chi connectivity index (χ3n) is 3.20. The summed E-state index contributed by atoms with van der Waals surface area (Å²) in [5, 5.41) is 5.84. The Labute approximate surface area is 111 Å². The summed E-state index contributed by atoms with van der Waals surface area (Å²) < 4.78 is 18.5. The summed E-state index contributed by atoms with van der Waals surface area (Å²) in [6, 6.07) is 4.47. The highest BCUT2D eigenvalue weighted by Crippen LogP contribution is 2.25. The second kappa shape index (κ2) is 5.88. The minimum absolute atomic E-state index is 0.114. The number of hydrogen-bond donors (Lipinski definition) is 2. The van der Waals surface area contributed by atoms with E-state index in [1.165, 1.54) is 13.2 Å². The van der Waals surface area contributed by atoms with Gasteiger partial charge in [-0.05, 0) is 24.7 Å². The first-order valence-corrected chi connectivity index (χ1v) is 6.19. The molecule has 19 heavy (non-hydrogen) atoms. The lowest BCUT2D eigenvalue weighted by atomic mass is 10.1. The van der Waals surface area contributed by atoms with Gasteiger partial charge in [-0.15, -0.1) is 0 Å². The zero-order chi connectivity index (χ0) is 13.8. The Balaban J connectivity index is 2.07. The predicted octanol–water partition coefficient (Wildman–Crippen LogP) is 1.12. The molecule has 0 aliphatic carbocycles. The molecule has 1 unspecified atom stereocenters. The molecule has 0 bridgehead atoms. The number of methoxy groups -OCH3 is 1. The molecule has 0 saturated carbocycles. The van der Waals surface area contributed by atoms with Crippen molar-refractivity contribution >= 4 is 6.03 Å². The fourth-order valence-electron chi connectivity index (χ4n) is 2.12. The van der Waals surface area contributed by atoms with Crippen LogP contribution in [0, 0.1) is 5.82 Å². The molecule has 2 N–H and O–H groups in total. The average molecular weight is 267 g/mol. The minimum Gasteiger partial charge on any atom is -0.494 e. The van der Waals surface area contributed by atoms with E-state index in [1.54, 1.807) is 17.0 Å². The second-order valence-corrected chi connectivity index (χ2v) is 4.45. The Morgan fingerprint density at radius 1 is 1.58 bits per heavy atom. The molecule has 1 aromatic rings. The van der Waals surface area contributed by atoms with E-state index in [-0.39, 0.29) is 17.8 Å². The van der Waals surface area contributed by atoms with Gasteiger partial charge in [0, 0.05) is 19.6 Å². The van der Waals surface area contributed by atoms with E-state index in [1.807, 2.05) is 7.05 Å². The summed E-state index contributed by atoms with van der Waals surface area (Å²) in [6.07, 6.45) is 0. The van der Waals surface area contributed by atoms with Gasteiger partial charge in [-0.1, -0.05) is 6.07 Å². The summed E-state index contributed by atoms with van der Waals surface area (Å²) in [7, 11) is 3.26. The summed E-state index contributed by atoms with van der Waals surface area (Å²) in [4.78, 5) is 13.5. The molecule has 0 aromatic heterocycles. The monoisotopic (exact) mass is 267 g/mol. The number of amides is 2. The number of ether oxygens (including phenoxy) is 1. The largest absolute Gasteiger partial charge is 0.494 e. The van der Waals surface area contributed by atoms with Crippen LogP contribution >= 0.6 is 0 Å². The number of carbonyl (C=O) groups excluding carboxylic acids is 1. The van der Waals surface area contributed by atoms with E-state index in [4.69, 9.17) is 4.74 Å². The van der Waals surface area contributed by atoms with Gasteiger partial charge < -0.3 is 20.3 Å². The highest BCUT2D eigenvalue weighted by Gasteiger charge is 2.29. The van der Waals surface area contributed by atoms with Crippen molar-refractivity contribution in [2.24, 2.45) is 0 Å². The van der Waals surface area contributed by atoms with Crippen molar-refractivity contribution in [2.75, 3.05) is 33.8 Å². The Morgan fingerprint density at radius 3 is 3.00 bits per heavy atom. The van der Waals surface area contributed by atoms with Gasteiger partial charge in [-0.3, -0.25) is 0 Å². The zero-order valence-electron chi connectivity index (χ0n) is 11.1. The van der Waals surface area contributed by atoms with E-state index in [9.17, 15) is 9.18 Å². The van der Waals surface area contributed by atoms with Crippen LogP contribution in [-0.4, -0.2) is 44.7 Å². The summed E-state index contributed by atoms with van der Waals surface area (Å²) in [6.45, 7) is 1.92. The van der Waals surface area contributed by atoms with Crippen molar-refractivity contribution < 1.29 is 13.9 Å². The predicted molar refractivity (Wildman–Crippen MR) is 69.7 cm³/mol. The lowest BCUT2D eigenvalue weighted by Gasteiger charge is -2.14. The maximum Gasteiger partial charge on any atom is 0.318 e. The molecule has 1 heterocycles. The smallest absolute Gasteiger partial charge is 0.318 e. The molecule has 2 rings (SSSR count). The highest BCUT2D eigenvalue weighted by atomic mass is 19.1. The van der Waals surface area contributed by atoms with Crippen LogP contribution in [0.3, 0.4) is 0 Å². The number of carbonyl (C=O) groups is 1. The summed E-state index contributed by atoms with van der Waals surface area (Å²) in [5.41, 5.74) is 0.749. The number of benzene rings is 1. The fraction of sp³-hybridized carbons (Fsp3) is 0.462. The van der Waals surface area contributed by atoms with E-state index in [2.05, 4.69) is 10.6 Å². The number of halogens is 1. The lowest BCUT2D eigenvalue weighted by molar-refractivity contribution is 0.218. The number of rotatable bonds is 5. The van der Waals surface area contributed by atoms with Crippen molar-refractivity contribution in [1.82, 2.24) is 15.5 Å². The molecule has 1 aromatic carbocycles. The van der Waals surface area contributed by atoms with Gasteiger partial charge in [0.2, 0.25) is 0 Å². The van der Waals surface area contributed by atoms with Gasteiger partial charge in [-0.2, -0.15) is 0 Å². The van der Waals surface area contributed by atoms with Gasteiger partial charge in [0.15, 0.2) is 11.6 Å². The number of urea groups is 1. The first kappa shape index (κ1) is 13.6. The van der Waals surface area contributed by atoms with E-state index >= 15 is 0 Å². The molecule has 0 radical (unpaired) electrons. The van der Waals surface area contributed by atoms with E-state index in [0.717, 1.165) is 12.1 Å². The molecule has 1 fully saturated rings. The van der Waals surface area contributed by atoms with Crippen LogP contribution in [0.1, 0.15) is 11.6 Å². The molecule has 2 amide bonds. The van der Waals surface area contributed by atoms with E-state index < -0.39 is 5.82 Å². The van der Waals surface area contributed by atoms with Crippen LogP contribution in [0.25, 0.3) is 0 Å². The van der Waals surface area contributed by atoms with Crippen LogP contribution in [0.4, 0.5) is 9.18 Å². The topological polar surface area (TPSA) is 53.6 Å². The quantitative estimate of drug-likeness (QED) is 0.840. The average Bonchev–Trinajstić information content (AvgIpc) is 2.77. The van der Waals surface area contributed by atoms with Crippen LogP contribution in [0.5, 0.6) is 5.75 Å². The zero-order valence-corrected chi connectivity index (χ0v) is 11.1. The first-order valence-electron chi connectivity index (χ1n) is 6.19. The van der Waals surface area contributed by atoms with Crippen molar-refractivity contribution in [1.29, 1.82) is 0 Å². The van der Waals surface area contributed by atoms with Gasteiger partial charge in [0.25, 0.3) is 0 Å². The maximum atomic E-state index is 13.6. The second-order valence-electron chi connectivity index (χ2n) is 4.45. The summed E-state index contributed by atoms with van der Waals surface area (Å²) in [5.74, 6) is -0.206. The van der Waals surface area contributed by atoms with Crippen molar-refractivity contribution in [2.45, 2.75) is 6.04 Å². The molecule has 1 saturated heterocycles. The standard InChI is InChI=1S/C13H18FN3O2/c1-15-5-6-17-8-11(16-13(17)18)9-3-4-12(19-2)10(14)7-9/h3-4,7,11,15H,5-6,8H2,1-2H3,(H,16,18). The minimum atomic E-state index is -0.414. The maximum absolute atomic E-state index is 13.6. The molecule has 0 spiro atoms. The summed E-state index contributed by atoms with van der Waals surface area (Å²) >= 11 is 0. The number of likely N-dealkylation sites (N-methyl/N-ethyl adjacent to an activating group) is 1. The van der Waals surface area contributed by atoms with Gasteiger partial charge in [0.1, 0.15) is 0 Å². The molecule has 6 heteroatoms. The molecule has 1 atom stereocenters. The lowest BCUT2D eigenvalue weighted by Crippen LogP contribution is -2.33. The van der Waals surface area contributed by atoms with Crippen molar-refractivity contribution in [3.05, 3.63) is 29.6 Å². The molecule has 104 valence electrons. The first-order chi connectivity index (χ1) is 9.15. The normalized spacial score (nSPS) is 18.6. The molecule has 1 aliphatic heterocycles. The number of hydrogen-bond acceptors (Lipinski definition) is 3. The molecule has 1 aliphatic rings. The third-order valence-corrected chi connectivity index (χ3v) is 3.20. The molecular weight excluding hydrogens is 249 g/mol. The number of nitrogens with zero attached hydrogens (tertiary/aromatic N) is 1. The van der Waals surface area contributed by atoms with Crippen molar-refractivity contribution in [3.8, 4) is 5.75 Å². The molecular formula is C13H18FN3O2. The van der Waals surface area contributed by atoms with Crippen LogP contribution in [0.2, 0.25) is 0 Å². The Kier molecular flexibility index (Phi) is 4.21. The van der Waals surface area contributed by atoms with Crippen molar-refractivity contribution in [3.63, 3.8) is 0 Å². The Morgan fingerprint density at radius 2 is 2.37 bits per heavy atom. The fourth-order valence-corrected chi connectivity index (χ4v) is 2.12. The van der Waals surface area contributed by atoms with Crippen LogP contribution in [-0.2, 0) is 0 Å². The van der Waals surface area contributed by atoms with Gasteiger partial charge in [-0.25, -0.2) is 9.18 Å². The van der Waals surface area contributed by atoms with E-state index in [0.29, 0.717) is 13.1 Å². The third kappa shape index (κ3) is 2.96. The number of nitrogens with one attached hydrogen (secondary N) is 2. The van der Waals surface area contributed by atoms with Gasteiger partial charge in [0.05, 0.1) is 13.2 Å². The Bertz CT molecular complexity index is 467. The van der Waals surface area contributed by atoms with Crippen LogP contribution in [0.15, 0.2) is 18.2 Å². The Hall–Kier alpha value is -1.82. The van der Waals surface area contributed by atoms with Crippen LogP contribution < -0.4 is 15.4 Å². The molecule has 5 nitrogen and oxygen atoms in total. The van der Waals surface area contributed by atoms with Gasteiger partial charge >= 0.3 is 6.03 Å².